The SMILES string of the molecule is CCCCCNC(=S)Nc1cc(Cl)cc(Cl)c1O.Oc1ccc(Cl)cc1NC(=S)Nc1ccccc1.Oc1ccc(Cl)cc1NC(=S)Nc1ccccc1C(F)(F)F. The number of unbranched alkanes of at least 4 members (excludes halogenated alkanes) is 2. The Kier molecular flexibility index (Phi) is 19.7. The minimum absolute atomic E-state index is 0.0567. The van der Waals surface area contributed by atoms with Crippen LogP contribution in [0.25, 0.3) is 0 Å². The van der Waals surface area contributed by atoms with Crippen LogP contribution in [0.2, 0.25) is 20.1 Å². The van der Waals surface area contributed by atoms with Gasteiger partial charge in [0.1, 0.15) is 11.5 Å². The standard InChI is InChI=1S/C14H10ClF3N2OS.C13H11ClN2OS.C12H16Cl2N2OS/c15-8-5-6-12(21)11(7-8)20-13(22)19-10-4-2-1-3-9(10)14(16,17)18;14-9-6-7-12(17)11(8-9)16-13(18)15-10-4-2-1-3-5-10;1-2-3-4-5-15-12(18)16-10-7-8(13)6-9(14)11(10)17/h1-7,21H,(H2,19,20,22);1-8,17H,(H2,15,16,18);6-7,17H,2-5H2,1H3,(H2,15,16,18). The molecular weight excluding hydrogens is 895 g/mol. The molecule has 5 aromatic carbocycles. The van der Waals surface area contributed by atoms with Crippen molar-refractivity contribution in [2.75, 3.05) is 33.1 Å². The molecule has 0 aliphatic rings. The largest absolute Gasteiger partial charge is 0.506 e. The van der Waals surface area contributed by atoms with Gasteiger partial charge in [-0.1, -0.05) is 96.5 Å². The summed E-state index contributed by atoms with van der Waals surface area (Å²) in [6.07, 6.45) is -1.13. The molecule has 308 valence electrons. The number of nitrogens with one attached hydrogen (secondary N) is 6. The number of benzene rings is 5. The molecule has 0 aliphatic carbocycles. The summed E-state index contributed by atoms with van der Waals surface area (Å²) in [5.41, 5.74) is 0.908. The van der Waals surface area contributed by atoms with Crippen LogP contribution >= 0.6 is 83.1 Å². The minimum Gasteiger partial charge on any atom is -0.506 e. The van der Waals surface area contributed by atoms with Crippen molar-refractivity contribution in [2.24, 2.45) is 0 Å². The van der Waals surface area contributed by atoms with Gasteiger partial charge in [0.25, 0.3) is 0 Å². The van der Waals surface area contributed by atoms with Gasteiger partial charge < -0.3 is 47.2 Å². The lowest BCUT2D eigenvalue weighted by atomic mass is 10.1. The molecule has 0 bridgehead atoms. The van der Waals surface area contributed by atoms with Crippen molar-refractivity contribution in [3.63, 3.8) is 0 Å². The van der Waals surface area contributed by atoms with Crippen molar-refractivity contribution in [2.45, 2.75) is 32.4 Å². The molecule has 0 spiro atoms. The summed E-state index contributed by atoms with van der Waals surface area (Å²) in [4.78, 5) is 0. The Hall–Kier alpha value is -4.48. The van der Waals surface area contributed by atoms with Crippen molar-refractivity contribution in [3.05, 3.63) is 129 Å². The molecule has 0 aromatic heterocycles. The smallest absolute Gasteiger partial charge is 0.418 e. The van der Waals surface area contributed by atoms with E-state index in [9.17, 15) is 28.5 Å². The number of para-hydroxylation sites is 2. The molecule has 0 aliphatic heterocycles. The zero-order chi connectivity index (χ0) is 42.8. The molecule has 0 atom stereocenters. The number of alkyl halides is 3. The van der Waals surface area contributed by atoms with E-state index in [0.29, 0.717) is 36.7 Å². The van der Waals surface area contributed by atoms with E-state index in [-0.39, 0.29) is 38.8 Å². The fraction of sp³-hybridized carbons (Fsp3) is 0.154. The molecular formula is C39H37Cl4F3N6O3S3. The van der Waals surface area contributed by atoms with E-state index in [1.807, 2.05) is 30.3 Å². The topological polar surface area (TPSA) is 133 Å². The molecule has 0 saturated carbocycles. The van der Waals surface area contributed by atoms with E-state index in [1.54, 1.807) is 18.2 Å². The first kappa shape index (κ1) is 47.9. The Morgan fingerprint density at radius 2 is 1.07 bits per heavy atom. The number of rotatable bonds is 9. The number of phenolic OH excluding ortho intramolecular Hbond substituents is 3. The van der Waals surface area contributed by atoms with Crippen LogP contribution in [0.5, 0.6) is 17.2 Å². The van der Waals surface area contributed by atoms with E-state index in [0.717, 1.165) is 37.6 Å². The van der Waals surface area contributed by atoms with Crippen LogP contribution in [0.1, 0.15) is 31.7 Å². The van der Waals surface area contributed by atoms with Crippen LogP contribution < -0.4 is 31.9 Å². The number of halogens is 7. The predicted octanol–water partition coefficient (Wildman–Crippen LogP) is 12.9. The van der Waals surface area contributed by atoms with Gasteiger partial charge in [-0.3, -0.25) is 0 Å². The summed E-state index contributed by atoms with van der Waals surface area (Å²) in [6, 6.07) is 26.5. The average molecular weight is 933 g/mol. The van der Waals surface area contributed by atoms with Crippen molar-refractivity contribution >= 4 is 127 Å². The van der Waals surface area contributed by atoms with Crippen molar-refractivity contribution < 1.29 is 28.5 Å². The van der Waals surface area contributed by atoms with Crippen molar-refractivity contribution in [3.8, 4) is 17.2 Å². The fourth-order valence-electron chi connectivity index (χ4n) is 4.54. The molecule has 9 N–H and O–H groups in total. The van der Waals surface area contributed by atoms with Crippen LogP contribution in [-0.2, 0) is 6.18 Å². The van der Waals surface area contributed by atoms with Crippen LogP contribution in [0.15, 0.2) is 103 Å². The Balaban J connectivity index is 0.000000235. The lowest BCUT2D eigenvalue weighted by Gasteiger charge is -2.16. The van der Waals surface area contributed by atoms with Crippen LogP contribution in [0.4, 0.5) is 41.6 Å². The zero-order valence-electron chi connectivity index (χ0n) is 30.4. The van der Waals surface area contributed by atoms with Gasteiger partial charge in [-0.2, -0.15) is 13.2 Å². The quantitative estimate of drug-likeness (QED) is 0.0396. The highest BCUT2D eigenvalue weighted by atomic mass is 35.5. The molecule has 58 heavy (non-hydrogen) atoms. The lowest BCUT2D eigenvalue weighted by Crippen LogP contribution is -2.29. The second-order valence-corrected chi connectivity index (χ2v) is 14.7. The average Bonchev–Trinajstić information content (AvgIpc) is 3.16. The van der Waals surface area contributed by atoms with E-state index in [2.05, 4.69) is 38.8 Å². The van der Waals surface area contributed by atoms with Gasteiger partial charge in [0.05, 0.1) is 33.3 Å². The summed E-state index contributed by atoms with van der Waals surface area (Å²) < 4.78 is 38.6. The summed E-state index contributed by atoms with van der Waals surface area (Å²) in [6.45, 7) is 2.94. The van der Waals surface area contributed by atoms with Crippen molar-refractivity contribution in [1.82, 2.24) is 5.32 Å². The Morgan fingerprint density at radius 1 is 0.569 bits per heavy atom. The number of anilines is 5. The number of thiocarbonyl (C=S) groups is 3. The van der Waals surface area contributed by atoms with Gasteiger partial charge in [0, 0.05) is 27.3 Å². The number of phenols is 3. The molecule has 9 nitrogen and oxygen atoms in total. The van der Waals surface area contributed by atoms with E-state index >= 15 is 0 Å². The van der Waals surface area contributed by atoms with Gasteiger partial charge in [-0.05, 0) is 116 Å². The molecule has 0 radical (unpaired) electrons. The van der Waals surface area contributed by atoms with Crippen LogP contribution in [0.3, 0.4) is 0 Å². The minimum atomic E-state index is -4.50. The first-order chi connectivity index (χ1) is 27.5. The van der Waals surface area contributed by atoms with Crippen molar-refractivity contribution in [1.29, 1.82) is 0 Å². The molecule has 0 heterocycles. The van der Waals surface area contributed by atoms with E-state index in [1.165, 1.54) is 48.5 Å². The first-order valence-electron chi connectivity index (χ1n) is 17.0. The predicted molar refractivity (Wildman–Crippen MR) is 246 cm³/mol. The second-order valence-electron chi connectivity index (χ2n) is 11.8. The Labute approximate surface area is 369 Å². The van der Waals surface area contributed by atoms with Gasteiger partial charge in [-0.15, -0.1) is 0 Å². The first-order valence-corrected chi connectivity index (χ1v) is 19.8. The van der Waals surface area contributed by atoms with Gasteiger partial charge in [0.2, 0.25) is 0 Å². The van der Waals surface area contributed by atoms with Crippen LogP contribution in [-0.4, -0.2) is 37.2 Å². The third kappa shape index (κ3) is 16.8. The Bertz CT molecular complexity index is 2170. The maximum atomic E-state index is 12.9. The third-order valence-corrected chi connectivity index (χ3v) is 8.90. The fourth-order valence-corrected chi connectivity index (χ4v) is 6.04. The highest BCUT2D eigenvalue weighted by Gasteiger charge is 2.33. The molecule has 0 amide bonds. The number of hydrogen-bond donors (Lipinski definition) is 9. The second kappa shape index (κ2) is 23.8. The molecule has 0 unspecified atom stereocenters. The molecule has 5 rings (SSSR count). The van der Waals surface area contributed by atoms with Gasteiger partial charge in [0.15, 0.2) is 21.1 Å². The molecule has 19 heteroatoms. The zero-order valence-corrected chi connectivity index (χ0v) is 35.8. The summed E-state index contributed by atoms with van der Waals surface area (Å²) >= 11 is 38.5. The maximum Gasteiger partial charge on any atom is 0.418 e. The monoisotopic (exact) mass is 930 g/mol. The molecule has 5 aromatic rings. The van der Waals surface area contributed by atoms with Gasteiger partial charge >= 0.3 is 6.18 Å². The normalized spacial score (nSPS) is 10.4. The van der Waals surface area contributed by atoms with Crippen LogP contribution in [0, 0.1) is 0 Å². The Morgan fingerprint density at radius 3 is 1.64 bits per heavy atom. The number of aromatic hydroxyl groups is 3. The summed E-state index contributed by atoms with van der Waals surface area (Å²) in [5.74, 6) is -0.0898. The van der Waals surface area contributed by atoms with E-state index in [4.69, 9.17) is 83.1 Å². The van der Waals surface area contributed by atoms with Gasteiger partial charge in [-0.25, -0.2) is 0 Å². The van der Waals surface area contributed by atoms with E-state index < -0.39 is 11.7 Å². The number of hydrogen-bond acceptors (Lipinski definition) is 6. The maximum absolute atomic E-state index is 12.9. The molecule has 0 fully saturated rings. The third-order valence-electron chi connectivity index (χ3n) is 7.27. The lowest BCUT2D eigenvalue weighted by molar-refractivity contribution is -0.136. The summed E-state index contributed by atoms with van der Waals surface area (Å²) in [7, 11) is 0. The summed E-state index contributed by atoms with van der Waals surface area (Å²) in [5, 5.41) is 48.1. The molecule has 0 saturated heterocycles. The highest BCUT2D eigenvalue weighted by Crippen LogP contribution is 2.36. The highest BCUT2D eigenvalue weighted by molar-refractivity contribution is 7.81.